The summed E-state index contributed by atoms with van der Waals surface area (Å²) in [6, 6.07) is 9.82. The second kappa shape index (κ2) is 5.55. The van der Waals surface area contributed by atoms with Gasteiger partial charge >= 0.3 is 0 Å². The SMILES string of the molecule is N#Cc1cc(Nc2ccc(F)c(Cl)c2)ccc1[N+](=O)[O-]. The lowest BCUT2D eigenvalue weighted by atomic mass is 10.1. The molecule has 2 aromatic rings. The van der Waals surface area contributed by atoms with E-state index < -0.39 is 10.7 Å². The fourth-order valence-corrected chi connectivity index (χ4v) is 1.78. The van der Waals surface area contributed by atoms with E-state index >= 15 is 0 Å². The van der Waals surface area contributed by atoms with Gasteiger partial charge in [0.15, 0.2) is 0 Å². The van der Waals surface area contributed by atoms with Crippen molar-refractivity contribution in [3.63, 3.8) is 0 Å². The zero-order valence-corrected chi connectivity index (χ0v) is 10.7. The Bertz CT molecular complexity index is 728. The second-order valence-corrected chi connectivity index (χ2v) is 4.26. The fraction of sp³-hybridized carbons (Fsp3) is 0. The van der Waals surface area contributed by atoms with Gasteiger partial charge in [-0.05, 0) is 30.3 Å². The van der Waals surface area contributed by atoms with Gasteiger partial charge in [-0.3, -0.25) is 10.1 Å². The van der Waals surface area contributed by atoms with Crippen molar-refractivity contribution in [2.45, 2.75) is 0 Å². The number of hydrogen-bond donors (Lipinski definition) is 1. The Morgan fingerprint density at radius 3 is 2.50 bits per heavy atom. The van der Waals surface area contributed by atoms with E-state index in [1.165, 1.54) is 36.4 Å². The predicted octanol–water partition coefficient (Wildman–Crippen LogP) is 4.00. The summed E-state index contributed by atoms with van der Waals surface area (Å²) >= 11 is 5.65. The number of nitro groups is 1. The molecule has 0 atom stereocenters. The maximum absolute atomic E-state index is 13.0. The highest BCUT2D eigenvalue weighted by molar-refractivity contribution is 6.31. The van der Waals surface area contributed by atoms with Gasteiger partial charge in [-0.25, -0.2) is 4.39 Å². The Kier molecular flexibility index (Phi) is 3.82. The van der Waals surface area contributed by atoms with E-state index in [0.717, 1.165) is 0 Å². The van der Waals surface area contributed by atoms with Crippen LogP contribution in [-0.2, 0) is 0 Å². The quantitative estimate of drug-likeness (QED) is 0.684. The highest BCUT2D eigenvalue weighted by Gasteiger charge is 2.13. The second-order valence-electron chi connectivity index (χ2n) is 3.85. The number of nitrogens with zero attached hydrogens (tertiary/aromatic N) is 2. The fourth-order valence-electron chi connectivity index (χ4n) is 1.60. The number of anilines is 2. The van der Waals surface area contributed by atoms with Crippen LogP contribution in [0.2, 0.25) is 5.02 Å². The molecule has 5 nitrogen and oxygen atoms in total. The summed E-state index contributed by atoms with van der Waals surface area (Å²) < 4.78 is 13.0. The smallest absolute Gasteiger partial charge is 0.287 e. The molecule has 7 heteroatoms. The van der Waals surface area contributed by atoms with E-state index in [2.05, 4.69) is 5.32 Å². The molecule has 20 heavy (non-hydrogen) atoms. The Morgan fingerprint density at radius 1 is 1.25 bits per heavy atom. The summed E-state index contributed by atoms with van der Waals surface area (Å²) in [4.78, 5) is 10.1. The number of benzene rings is 2. The first-order valence-corrected chi connectivity index (χ1v) is 5.79. The highest BCUT2D eigenvalue weighted by Crippen LogP contribution is 2.26. The van der Waals surface area contributed by atoms with Crippen molar-refractivity contribution >= 4 is 28.7 Å². The number of nitrogens with one attached hydrogen (secondary N) is 1. The van der Waals surface area contributed by atoms with Crippen LogP contribution in [0.3, 0.4) is 0 Å². The summed E-state index contributed by atoms with van der Waals surface area (Å²) in [5, 5.41) is 22.4. The van der Waals surface area contributed by atoms with Crippen molar-refractivity contribution in [3.8, 4) is 6.07 Å². The molecule has 0 radical (unpaired) electrons. The number of rotatable bonds is 3. The van der Waals surface area contributed by atoms with Crippen molar-refractivity contribution in [1.82, 2.24) is 0 Å². The van der Waals surface area contributed by atoms with Gasteiger partial charge in [0.25, 0.3) is 5.69 Å². The maximum Gasteiger partial charge on any atom is 0.287 e. The maximum atomic E-state index is 13.0. The van der Waals surface area contributed by atoms with Crippen molar-refractivity contribution in [2.24, 2.45) is 0 Å². The average molecular weight is 292 g/mol. The molecule has 0 aliphatic heterocycles. The normalized spacial score (nSPS) is 9.85. The number of halogens is 2. The largest absolute Gasteiger partial charge is 0.355 e. The molecule has 0 saturated carbocycles. The highest BCUT2D eigenvalue weighted by atomic mass is 35.5. The molecule has 0 amide bonds. The van der Waals surface area contributed by atoms with Gasteiger partial charge in [-0.15, -0.1) is 0 Å². The third kappa shape index (κ3) is 2.84. The minimum Gasteiger partial charge on any atom is -0.355 e. The van der Waals surface area contributed by atoms with E-state index in [4.69, 9.17) is 16.9 Å². The van der Waals surface area contributed by atoms with Crippen molar-refractivity contribution < 1.29 is 9.31 Å². The molecule has 2 aromatic carbocycles. The van der Waals surface area contributed by atoms with Crippen LogP contribution >= 0.6 is 11.6 Å². The number of nitro benzene ring substituents is 1. The van der Waals surface area contributed by atoms with Crippen molar-refractivity contribution in [3.05, 3.63) is 62.9 Å². The van der Waals surface area contributed by atoms with Crippen LogP contribution in [-0.4, -0.2) is 4.92 Å². The first kappa shape index (κ1) is 13.8. The molecule has 100 valence electrons. The van der Waals surface area contributed by atoms with Gasteiger partial charge in [0.2, 0.25) is 0 Å². The van der Waals surface area contributed by atoms with Crippen LogP contribution in [0.1, 0.15) is 5.56 Å². The minimum absolute atomic E-state index is 0.0441. The molecule has 0 spiro atoms. The zero-order chi connectivity index (χ0) is 14.7. The lowest BCUT2D eigenvalue weighted by Gasteiger charge is -2.07. The Hall–Kier alpha value is -2.65. The molecule has 0 unspecified atom stereocenters. The lowest BCUT2D eigenvalue weighted by Crippen LogP contribution is -1.95. The molecule has 2 rings (SSSR count). The van der Waals surface area contributed by atoms with E-state index in [1.807, 2.05) is 0 Å². The average Bonchev–Trinajstić information content (AvgIpc) is 2.42. The molecule has 0 heterocycles. The summed E-state index contributed by atoms with van der Waals surface area (Å²) in [5.41, 5.74) is 0.646. The van der Waals surface area contributed by atoms with Gasteiger partial charge in [-0.1, -0.05) is 11.6 Å². The molecule has 0 aliphatic carbocycles. The van der Waals surface area contributed by atoms with Crippen LogP contribution in [0, 0.1) is 27.3 Å². The third-order valence-corrected chi connectivity index (χ3v) is 2.81. The molecule has 0 saturated heterocycles. The van der Waals surface area contributed by atoms with Crippen LogP contribution < -0.4 is 5.32 Å². The minimum atomic E-state index is -0.628. The van der Waals surface area contributed by atoms with Crippen LogP contribution in [0.4, 0.5) is 21.5 Å². The van der Waals surface area contributed by atoms with E-state index in [9.17, 15) is 14.5 Å². The predicted molar refractivity (Wildman–Crippen MR) is 72.5 cm³/mol. The molecular weight excluding hydrogens is 285 g/mol. The van der Waals surface area contributed by atoms with Gasteiger partial charge in [-0.2, -0.15) is 5.26 Å². The standard InChI is InChI=1S/C13H7ClFN3O2/c14-11-6-10(1-3-12(11)15)17-9-2-4-13(18(19)20)8(5-9)7-16/h1-6,17H. The van der Waals surface area contributed by atoms with Crippen LogP contribution in [0.25, 0.3) is 0 Å². The topological polar surface area (TPSA) is 79.0 Å². The van der Waals surface area contributed by atoms with E-state index in [-0.39, 0.29) is 16.3 Å². The van der Waals surface area contributed by atoms with Crippen molar-refractivity contribution in [1.29, 1.82) is 5.26 Å². The summed E-state index contributed by atoms with van der Waals surface area (Å²) in [6.45, 7) is 0. The first-order chi connectivity index (χ1) is 9.51. The molecule has 0 aromatic heterocycles. The number of hydrogen-bond acceptors (Lipinski definition) is 4. The Morgan fingerprint density at radius 2 is 1.90 bits per heavy atom. The summed E-state index contributed by atoms with van der Waals surface area (Å²) in [5.74, 6) is -0.543. The molecular formula is C13H7ClFN3O2. The molecule has 1 N–H and O–H groups in total. The zero-order valence-electron chi connectivity index (χ0n) is 9.93. The summed E-state index contributed by atoms with van der Waals surface area (Å²) in [6.07, 6.45) is 0. The van der Waals surface area contributed by atoms with Gasteiger partial charge in [0.1, 0.15) is 17.4 Å². The first-order valence-electron chi connectivity index (χ1n) is 5.42. The van der Waals surface area contributed by atoms with Gasteiger partial charge < -0.3 is 5.32 Å². The monoisotopic (exact) mass is 291 g/mol. The third-order valence-electron chi connectivity index (χ3n) is 2.52. The van der Waals surface area contributed by atoms with Crippen LogP contribution in [0.15, 0.2) is 36.4 Å². The van der Waals surface area contributed by atoms with E-state index in [1.54, 1.807) is 6.07 Å². The van der Waals surface area contributed by atoms with Crippen molar-refractivity contribution in [2.75, 3.05) is 5.32 Å². The lowest BCUT2D eigenvalue weighted by molar-refractivity contribution is -0.385. The summed E-state index contributed by atoms with van der Waals surface area (Å²) in [7, 11) is 0. The Balaban J connectivity index is 2.32. The molecule has 0 aliphatic rings. The van der Waals surface area contributed by atoms with E-state index in [0.29, 0.717) is 11.4 Å². The van der Waals surface area contributed by atoms with Crippen LogP contribution in [0.5, 0.6) is 0 Å². The van der Waals surface area contributed by atoms with Gasteiger partial charge in [0.05, 0.1) is 9.95 Å². The molecule has 0 fully saturated rings. The number of nitriles is 1. The van der Waals surface area contributed by atoms with Gasteiger partial charge in [0, 0.05) is 17.4 Å². The Labute approximate surface area is 118 Å². The molecule has 0 bridgehead atoms.